The summed E-state index contributed by atoms with van der Waals surface area (Å²) in [4.78, 5) is 35.8. The van der Waals surface area contributed by atoms with Gasteiger partial charge in [0.2, 0.25) is 0 Å². The van der Waals surface area contributed by atoms with Crippen LogP contribution in [0.3, 0.4) is 0 Å². The number of aliphatic hydroxyl groups is 1. The molecule has 0 heterocycles. The number of allylic oxidation sites excluding steroid dienone is 4. The Morgan fingerprint density at radius 3 is 2.71 bits per heavy atom. The lowest BCUT2D eigenvalue weighted by Crippen LogP contribution is -2.56. The second kappa shape index (κ2) is 6.65. The molecule has 1 N–H and O–H groups in total. The van der Waals surface area contributed by atoms with Crippen LogP contribution in [0.1, 0.15) is 52.9 Å². The van der Waals surface area contributed by atoms with Gasteiger partial charge in [0.05, 0.1) is 6.10 Å². The average Bonchev–Trinajstić information content (AvgIpc) is 2.96. The lowest BCUT2D eigenvalue weighted by atomic mass is 9.46. The smallest absolute Gasteiger partial charge is 0.303 e. The van der Waals surface area contributed by atoms with Gasteiger partial charge in [0.15, 0.2) is 11.6 Å². The molecule has 0 bridgehead atoms. The Labute approximate surface area is 166 Å². The number of aliphatic hydroxyl groups excluding tert-OH is 1. The third-order valence-corrected chi connectivity index (χ3v) is 8.30. The van der Waals surface area contributed by atoms with Crippen molar-refractivity contribution in [3.8, 4) is 0 Å². The predicted octanol–water partition coefficient (Wildman–Crippen LogP) is 3.01. The van der Waals surface area contributed by atoms with Gasteiger partial charge in [0, 0.05) is 24.2 Å². The molecule has 4 aliphatic rings. The zero-order chi connectivity index (χ0) is 20.3. The molecule has 3 fully saturated rings. The van der Waals surface area contributed by atoms with Gasteiger partial charge in [0.25, 0.3) is 0 Å². The maximum absolute atomic E-state index is 12.8. The van der Waals surface area contributed by atoms with Crippen molar-refractivity contribution >= 4 is 17.5 Å². The summed E-state index contributed by atoms with van der Waals surface area (Å²) in [5.41, 5.74) is 0.602. The largest absolute Gasteiger partial charge is 0.458 e. The molecule has 0 aromatic rings. The van der Waals surface area contributed by atoms with Crippen LogP contribution in [0.2, 0.25) is 0 Å². The lowest BCUT2D eigenvalue weighted by molar-refractivity contribution is -0.152. The highest BCUT2D eigenvalue weighted by Gasteiger charge is 2.62. The first kappa shape index (κ1) is 19.6. The predicted molar refractivity (Wildman–Crippen MR) is 103 cm³/mol. The van der Waals surface area contributed by atoms with Crippen LogP contribution in [-0.4, -0.2) is 35.4 Å². The maximum atomic E-state index is 12.8. The number of hydrogen-bond donors (Lipinski definition) is 1. The maximum Gasteiger partial charge on any atom is 0.303 e. The molecule has 5 heteroatoms. The van der Waals surface area contributed by atoms with Gasteiger partial charge in [-0.25, -0.2) is 0 Å². The summed E-state index contributed by atoms with van der Waals surface area (Å²) in [5, 5.41) is 11.3. The molecule has 5 nitrogen and oxygen atoms in total. The minimum absolute atomic E-state index is 0.0170. The monoisotopic (exact) mass is 386 g/mol. The van der Waals surface area contributed by atoms with E-state index in [4.69, 9.17) is 4.74 Å². The second-order valence-electron chi connectivity index (χ2n) is 9.68. The molecule has 0 aromatic carbocycles. The SMILES string of the molecule is CC(=O)OCC(=O)[C@H]1CCC2[C@@H]3CCC4=CC(=O)C=C[C@]4(C)[C@H]3[C@@H](O)C[C@@]21C. The molecule has 1 unspecified atom stereocenters. The van der Waals surface area contributed by atoms with E-state index in [2.05, 4.69) is 13.8 Å². The van der Waals surface area contributed by atoms with Crippen LogP contribution in [0, 0.1) is 34.5 Å². The van der Waals surface area contributed by atoms with Crippen molar-refractivity contribution < 1.29 is 24.2 Å². The number of rotatable bonds is 3. The van der Waals surface area contributed by atoms with Crippen molar-refractivity contribution in [2.45, 2.75) is 59.0 Å². The minimum atomic E-state index is -0.514. The molecular weight excluding hydrogens is 356 g/mol. The molecule has 7 atom stereocenters. The van der Waals surface area contributed by atoms with E-state index in [9.17, 15) is 19.5 Å². The molecular formula is C23H30O5. The number of fused-ring (bicyclic) bond motifs is 5. The number of hydrogen-bond acceptors (Lipinski definition) is 5. The van der Waals surface area contributed by atoms with Gasteiger partial charge in [-0.15, -0.1) is 0 Å². The van der Waals surface area contributed by atoms with E-state index in [0.717, 1.165) is 31.3 Å². The van der Waals surface area contributed by atoms with Crippen LogP contribution in [-0.2, 0) is 19.1 Å². The van der Waals surface area contributed by atoms with Crippen molar-refractivity contribution in [3.05, 3.63) is 23.8 Å². The quantitative estimate of drug-likeness (QED) is 0.754. The first-order chi connectivity index (χ1) is 13.2. The number of carbonyl (C=O) groups is 3. The Morgan fingerprint density at radius 1 is 1.25 bits per heavy atom. The molecule has 0 amide bonds. The molecule has 28 heavy (non-hydrogen) atoms. The van der Waals surface area contributed by atoms with E-state index < -0.39 is 12.1 Å². The van der Waals surface area contributed by atoms with Crippen LogP contribution in [0.15, 0.2) is 23.8 Å². The molecule has 0 radical (unpaired) electrons. The number of esters is 1. The van der Waals surface area contributed by atoms with Crippen LogP contribution in [0.25, 0.3) is 0 Å². The molecule has 4 aliphatic carbocycles. The Hall–Kier alpha value is -1.75. The van der Waals surface area contributed by atoms with E-state index >= 15 is 0 Å². The highest BCUT2D eigenvalue weighted by molar-refractivity contribution is 6.01. The molecule has 0 aliphatic heterocycles. The first-order valence-corrected chi connectivity index (χ1v) is 10.4. The van der Waals surface area contributed by atoms with Gasteiger partial charge in [-0.1, -0.05) is 25.5 Å². The number of ether oxygens (including phenoxy) is 1. The van der Waals surface area contributed by atoms with Crippen LogP contribution in [0.5, 0.6) is 0 Å². The number of carbonyl (C=O) groups excluding carboxylic acids is 3. The molecule has 152 valence electrons. The zero-order valence-corrected chi connectivity index (χ0v) is 16.9. The van der Waals surface area contributed by atoms with Crippen LogP contribution in [0.4, 0.5) is 0 Å². The van der Waals surface area contributed by atoms with Crippen molar-refractivity contribution in [3.63, 3.8) is 0 Å². The zero-order valence-electron chi connectivity index (χ0n) is 16.9. The van der Waals surface area contributed by atoms with Gasteiger partial charge in [-0.2, -0.15) is 0 Å². The molecule has 0 aromatic heterocycles. The molecule has 3 saturated carbocycles. The Bertz CT molecular complexity index is 780. The number of ketones is 2. The first-order valence-electron chi connectivity index (χ1n) is 10.4. The fraction of sp³-hybridized carbons (Fsp3) is 0.696. The third-order valence-electron chi connectivity index (χ3n) is 8.30. The van der Waals surface area contributed by atoms with Crippen molar-refractivity contribution in [1.29, 1.82) is 0 Å². The van der Waals surface area contributed by atoms with Gasteiger partial charge >= 0.3 is 5.97 Å². The number of Topliss-reactive ketones (excluding diaryl/α,β-unsaturated/α-hetero) is 1. The summed E-state index contributed by atoms with van der Waals surface area (Å²) in [6, 6.07) is 0. The molecule has 4 rings (SSSR count). The summed E-state index contributed by atoms with van der Waals surface area (Å²) in [6.45, 7) is 5.46. The minimum Gasteiger partial charge on any atom is -0.458 e. The van der Waals surface area contributed by atoms with E-state index in [0.29, 0.717) is 18.3 Å². The van der Waals surface area contributed by atoms with Crippen molar-refractivity contribution in [1.82, 2.24) is 0 Å². The highest BCUT2D eigenvalue weighted by Crippen LogP contribution is 2.66. The third kappa shape index (κ3) is 2.81. The molecule has 0 spiro atoms. The Balaban J connectivity index is 1.62. The van der Waals surface area contributed by atoms with Gasteiger partial charge < -0.3 is 9.84 Å². The summed E-state index contributed by atoms with van der Waals surface area (Å²) >= 11 is 0. The average molecular weight is 386 g/mol. The standard InChI is InChI=1S/C23H30O5/c1-13(24)28-12-20(27)18-7-6-17-16-5-4-14-10-15(25)8-9-22(14,2)21(16)19(26)11-23(17,18)3/h8-10,16-19,21,26H,4-7,11-12H2,1-3H3/t16-,17?,18+,19-,21+,22-,23-/m0/s1. The normalized spacial score (nSPS) is 44.2. The van der Waals surface area contributed by atoms with Gasteiger partial charge in [-0.3, -0.25) is 14.4 Å². The Morgan fingerprint density at radius 2 is 2.00 bits per heavy atom. The van der Waals surface area contributed by atoms with Gasteiger partial charge in [-0.05, 0) is 61.5 Å². The molecule has 0 saturated heterocycles. The lowest BCUT2D eigenvalue weighted by Gasteiger charge is -2.58. The van der Waals surface area contributed by atoms with Crippen LogP contribution < -0.4 is 0 Å². The van der Waals surface area contributed by atoms with Gasteiger partial charge in [0.1, 0.15) is 6.61 Å². The highest BCUT2D eigenvalue weighted by atomic mass is 16.5. The van der Waals surface area contributed by atoms with Crippen LogP contribution >= 0.6 is 0 Å². The summed E-state index contributed by atoms with van der Waals surface area (Å²) in [6.07, 6.45) is 9.08. The van der Waals surface area contributed by atoms with E-state index in [1.807, 2.05) is 6.08 Å². The summed E-state index contributed by atoms with van der Waals surface area (Å²) in [5.74, 6) is 0.208. The van der Waals surface area contributed by atoms with E-state index in [1.54, 1.807) is 12.2 Å². The summed E-state index contributed by atoms with van der Waals surface area (Å²) in [7, 11) is 0. The topological polar surface area (TPSA) is 80.7 Å². The van der Waals surface area contributed by atoms with Crippen molar-refractivity contribution in [2.75, 3.05) is 6.61 Å². The Kier molecular flexibility index (Phi) is 4.65. The fourth-order valence-corrected chi connectivity index (χ4v) is 7.13. The van der Waals surface area contributed by atoms with E-state index in [-0.39, 0.29) is 40.8 Å². The second-order valence-corrected chi connectivity index (χ2v) is 9.68. The summed E-state index contributed by atoms with van der Waals surface area (Å²) < 4.78 is 4.97. The van der Waals surface area contributed by atoms with Crippen molar-refractivity contribution in [2.24, 2.45) is 34.5 Å². The van der Waals surface area contributed by atoms with E-state index in [1.165, 1.54) is 6.92 Å². The fourth-order valence-electron chi connectivity index (χ4n) is 7.13.